The maximum absolute atomic E-state index is 12.0. The summed E-state index contributed by atoms with van der Waals surface area (Å²) in [7, 11) is 0. The molecule has 2 aromatic heterocycles. The minimum Gasteiger partial charge on any atom is -0.481 e. The molecule has 2 aromatic rings. The SMILES string of the molecule is Cc1nc(=O)n(CCc2ccsc2)c(C)c1CC(=O)O. The number of nitrogens with zero attached hydrogens (tertiary/aromatic N) is 2. The van der Waals surface area contributed by atoms with Gasteiger partial charge in [0.2, 0.25) is 0 Å². The minimum absolute atomic E-state index is 0.108. The van der Waals surface area contributed by atoms with Gasteiger partial charge >= 0.3 is 11.7 Å². The average molecular weight is 292 g/mol. The number of carboxylic acids is 1. The van der Waals surface area contributed by atoms with E-state index in [1.165, 1.54) is 5.56 Å². The van der Waals surface area contributed by atoms with Crippen LogP contribution >= 0.6 is 11.3 Å². The van der Waals surface area contributed by atoms with Gasteiger partial charge in [-0.3, -0.25) is 9.36 Å². The van der Waals surface area contributed by atoms with Crippen molar-refractivity contribution >= 4 is 17.3 Å². The Bertz CT molecular complexity index is 674. The molecule has 0 aromatic carbocycles. The van der Waals surface area contributed by atoms with Crippen LogP contribution in [-0.2, 0) is 24.2 Å². The number of hydrogen-bond donors (Lipinski definition) is 1. The fraction of sp³-hybridized carbons (Fsp3) is 0.357. The van der Waals surface area contributed by atoms with Crippen molar-refractivity contribution in [3.63, 3.8) is 0 Å². The van der Waals surface area contributed by atoms with Gasteiger partial charge in [0, 0.05) is 23.5 Å². The molecule has 6 heteroatoms. The van der Waals surface area contributed by atoms with Crippen LogP contribution < -0.4 is 5.69 Å². The highest BCUT2D eigenvalue weighted by molar-refractivity contribution is 7.07. The molecule has 2 rings (SSSR count). The summed E-state index contributed by atoms with van der Waals surface area (Å²) < 4.78 is 1.56. The van der Waals surface area contributed by atoms with E-state index in [9.17, 15) is 9.59 Å². The smallest absolute Gasteiger partial charge is 0.347 e. The highest BCUT2D eigenvalue weighted by Gasteiger charge is 2.14. The number of thiophene rings is 1. The molecule has 0 radical (unpaired) electrons. The molecular weight excluding hydrogens is 276 g/mol. The molecule has 2 heterocycles. The van der Waals surface area contributed by atoms with Crippen molar-refractivity contribution in [2.24, 2.45) is 0 Å². The summed E-state index contributed by atoms with van der Waals surface area (Å²) in [4.78, 5) is 26.8. The molecule has 0 spiro atoms. The van der Waals surface area contributed by atoms with Crippen molar-refractivity contribution < 1.29 is 9.90 Å². The number of aliphatic carboxylic acids is 1. The molecule has 0 aliphatic rings. The Morgan fingerprint density at radius 3 is 2.80 bits per heavy atom. The van der Waals surface area contributed by atoms with E-state index in [-0.39, 0.29) is 12.1 Å². The molecule has 0 atom stereocenters. The van der Waals surface area contributed by atoms with E-state index in [1.807, 2.05) is 16.8 Å². The molecule has 0 bridgehead atoms. The molecule has 1 N–H and O–H groups in total. The molecule has 0 amide bonds. The van der Waals surface area contributed by atoms with E-state index in [0.29, 0.717) is 23.5 Å². The monoisotopic (exact) mass is 292 g/mol. The first-order valence-corrected chi connectivity index (χ1v) is 7.23. The van der Waals surface area contributed by atoms with E-state index in [1.54, 1.807) is 29.8 Å². The van der Waals surface area contributed by atoms with Crippen molar-refractivity contribution in [2.75, 3.05) is 0 Å². The highest BCUT2D eigenvalue weighted by atomic mass is 32.1. The lowest BCUT2D eigenvalue weighted by atomic mass is 10.1. The molecule has 5 nitrogen and oxygen atoms in total. The summed E-state index contributed by atoms with van der Waals surface area (Å²) in [5.41, 5.74) is 2.68. The summed E-state index contributed by atoms with van der Waals surface area (Å²) in [6.07, 6.45) is 0.630. The molecule has 106 valence electrons. The Balaban J connectivity index is 2.32. The number of carboxylic acid groups (broad SMARTS) is 1. The topological polar surface area (TPSA) is 72.2 Å². The van der Waals surface area contributed by atoms with E-state index in [4.69, 9.17) is 5.11 Å². The highest BCUT2D eigenvalue weighted by Crippen LogP contribution is 2.12. The maximum atomic E-state index is 12.0. The van der Waals surface area contributed by atoms with Gasteiger partial charge in [-0.25, -0.2) is 4.79 Å². The van der Waals surface area contributed by atoms with Gasteiger partial charge in [-0.05, 0) is 42.7 Å². The Kier molecular flexibility index (Phi) is 4.34. The molecule has 0 saturated heterocycles. The van der Waals surface area contributed by atoms with Crippen LogP contribution in [0.3, 0.4) is 0 Å². The normalized spacial score (nSPS) is 10.7. The minimum atomic E-state index is -0.916. The third-order valence-corrected chi connectivity index (χ3v) is 4.04. The van der Waals surface area contributed by atoms with E-state index >= 15 is 0 Å². The molecule has 0 unspecified atom stereocenters. The van der Waals surface area contributed by atoms with Gasteiger partial charge in [-0.15, -0.1) is 0 Å². The second kappa shape index (κ2) is 6.00. The van der Waals surface area contributed by atoms with Crippen molar-refractivity contribution in [1.29, 1.82) is 0 Å². The number of aromatic nitrogens is 2. The van der Waals surface area contributed by atoms with Crippen molar-refractivity contribution in [1.82, 2.24) is 9.55 Å². The van der Waals surface area contributed by atoms with Crippen molar-refractivity contribution in [2.45, 2.75) is 33.2 Å². The Morgan fingerprint density at radius 2 is 2.20 bits per heavy atom. The van der Waals surface area contributed by atoms with Crippen LogP contribution in [0.2, 0.25) is 0 Å². The second-order valence-corrected chi connectivity index (χ2v) is 5.43. The van der Waals surface area contributed by atoms with Crippen LogP contribution in [0.1, 0.15) is 22.5 Å². The van der Waals surface area contributed by atoms with Gasteiger partial charge in [-0.1, -0.05) is 0 Å². The number of aryl methyl sites for hydroxylation is 2. The second-order valence-electron chi connectivity index (χ2n) is 4.65. The molecule has 0 aliphatic heterocycles. The zero-order chi connectivity index (χ0) is 14.7. The van der Waals surface area contributed by atoms with Gasteiger partial charge in [-0.2, -0.15) is 16.3 Å². The van der Waals surface area contributed by atoms with Crippen LogP contribution in [-0.4, -0.2) is 20.6 Å². The first-order chi connectivity index (χ1) is 9.49. The summed E-state index contributed by atoms with van der Waals surface area (Å²) in [6, 6.07) is 2.02. The van der Waals surface area contributed by atoms with Gasteiger partial charge in [0.1, 0.15) is 0 Å². The molecule has 0 saturated carbocycles. The Labute approximate surface area is 120 Å². The number of hydrogen-bond acceptors (Lipinski definition) is 4. The van der Waals surface area contributed by atoms with Crippen LogP contribution in [0, 0.1) is 13.8 Å². The first-order valence-electron chi connectivity index (χ1n) is 6.29. The van der Waals surface area contributed by atoms with E-state index < -0.39 is 5.97 Å². The fourth-order valence-corrected chi connectivity index (χ4v) is 2.89. The largest absolute Gasteiger partial charge is 0.481 e. The number of carbonyl (C=O) groups is 1. The first kappa shape index (κ1) is 14.5. The fourth-order valence-electron chi connectivity index (χ4n) is 2.19. The van der Waals surface area contributed by atoms with Crippen molar-refractivity contribution in [3.05, 3.63) is 49.8 Å². The third-order valence-electron chi connectivity index (χ3n) is 3.30. The zero-order valence-electron chi connectivity index (χ0n) is 11.4. The predicted octanol–water partition coefficient (Wildman–Crippen LogP) is 1.79. The van der Waals surface area contributed by atoms with Gasteiger partial charge in [0.05, 0.1) is 6.42 Å². The lowest BCUT2D eigenvalue weighted by Crippen LogP contribution is -2.29. The van der Waals surface area contributed by atoms with Crippen molar-refractivity contribution in [3.8, 4) is 0 Å². The summed E-state index contributed by atoms with van der Waals surface area (Å²) >= 11 is 1.62. The molecular formula is C14H16N2O3S. The van der Waals surface area contributed by atoms with Crippen LogP contribution in [0.15, 0.2) is 21.6 Å². The van der Waals surface area contributed by atoms with Gasteiger partial charge in [0.25, 0.3) is 0 Å². The van der Waals surface area contributed by atoms with E-state index in [2.05, 4.69) is 4.98 Å². The van der Waals surface area contributed by atoms with Gasteiger partial charge in [0.15, 0.2) is 0 Å². The zero-order valence-corrected chi connectivity index (χ0v) is 12.2. The Morgan fingerprint density at radius 1 is 1.45 bits per heavy atom. The average Bonchev–Trinajstić information content (AvgIpc) is 2.87. The van der Waals surface area contributed by atoms with Crippen LogP contribution in [0.5, 0.6) is 0 Å². The van der Waals surface area contributed by atoms with Gasteiger partial charge < -0.3 is 5.11 Å². The Hall–Kier alpha value is -1.95. The van der Waals surface area contributed by atoms with Crippen LogP contribution in [0.4, 0.5) is 0 Å². The third kappa shape index (κ3) is 3.14. The molecule has 20 heavy (non-hydrogen) atoms. The standard InChI is InChI=1S/C14H16N2O3S/c1-9-12(7-13(17)18)10(2)16(14(19)15-9)5-3-11-4-6-20-8-11/h4,6,8H,3,5,7H2,1-2H3,(H,17,18). The number of rotatable bonds is 5. The molecule has 0 fully saturated rings. The lowest BCUT2D eigenvalue weighted by molar-refractivity contribution is -0.136. The lowest BCUT2D eigenvalue weighted by Gasteiger charge is -2.14. The summed E-state index contributed by atoms with van der Waals surface area (Å²) in [5, 5.41) is 13.0. The summed E-state index contributed by atoms with van der Waals surface area (Å²) in [6.45, 7) is 3.97. The quantitative estimate of drug-likeness (QED) is 0.912. The summed E-state index contributed by atoms with van der Waals surface area (Å²) in [5.74, 6) is -0.916. The van der Waals surface area contributed by atoms with Crippen LogP contribution in [0.25, 0.3) is 0 Å². The molecule has 0 aliphatic carbocycles. The maximum Gasteiger partial charge on any atom is 0.347 e. The van der Waals surface area contributed by atoms with E-state index in [0.717, 1.165) is 6.42 Å². The predicted molar refractivity (Wildman–Crippen MR) is 77.3 cm³/mol.